The van der Waals surface area contributed by atoms with Gasteiger partial charge in [-0.2, -0.15) is 0 Å². The van der Waals surface area contributed by atoms with Crippen LogP contribution in [0.25, 0.3) is 21.9 Å². The number of hydrogen-bond donors (Lipinski definition) is 1. The van der Waals surface area contributed by atoms with Gasteiger partial charge >= 0.3 is 5.97 Å². The highest BCUT2D eigenvalue weighted by atomic mass is 16.5. The summed E-state index contributed by atoms with van der Waals surface area (Å²) in [5.41, 5.74) is 7.33. The monoisotopic (exact) mass is 622 g/mol. The SMILES string of the molecule is Cc1nc2c(c(C)c1CCC(=O)O)c1ccccc1n2Cc1ccc([C@@H](C(=O)N2CCN(C3CCC3)CC2)C2CCOCC2)cc1. The molecule has 8 heteroatoms. The third kappa shape index (κ3) is 5.93. The normalized spacial score (nSPS) is 19.0. The van der Waals surface area contributed by atoms with Crippen LogP contribution in [0.2, 0.25) is 0 Å². The maximum atomic E-state index is 14.2. The van der Waals surface area contributed by atoms with Crippen molar-refractivity contribution in [2.45, 2.75) is 77.3 Å². The maximum absolute atomic E-state index is 14.2. The molecule has 3 fully saturated rings. The number of aromatic nitrogens is 2. The van der Waals surface area contributed by atoms with E-state index >= 15 is 0 Å². The number of carbonyl (C=O) groups excluding carboxylic acids is 1. The van der Waals surface area contributed by atoms with E-state index in [2.05, 4.69) is 69.8 Å². The number of aryl methyl sites for hydroxylation is 2. The third-order valence-electron chi connectivity index (χ3n) is 11.0. The van der Waals surface area contributed by atoms with Crippen LogP contribution in [-0.2, 0) is 27.3 Å². The van der Waals surface area contributed by atoms with Crippen molar-refractivity contribution < 1.29 is 19.4 Å². The molecule has 0 bridgehead atoms. The molecule has 46 heavy (non-hydrogen) atoms. The summed E-state index contributed by atoms with van der Waals surface area (Å²) in [7, 11) is 0. The summed E-state index contributed by atoms with van der Waals surface area (Å²) in [6, 6.07) is 17.9. The summed E-state index contributed by atoms with van der Waals surface area (Å²) in [4.78, 5) is 35.3. The molecular weight excluding hydrogens is 576 g/mol. The molecule has 0 unspecified atom stereocenters. The van der Waals surface area contributed by atoms with E-state index in [1.165, 1.54) is 19.3 Å². The fraction of sp³-hybridized carbons (Fsp3) is 0.500. The average Bonchev–Trinajstić information content (AvgIpc) is 3.34. The highest BCUT2D eigenvalue weighted by Crippen LogP contribution is 2.37. The zero-order chi connectivity index (χ0) is 31.8. The van der Waals surface area contributed by atoms with Gasteiger partial charge < -0.3 is 19.3 Å². The Hall–Kier alpha value is -3.75. The van der Waals surface area contributed by atoms with Gasteiger partial charge in [-0.25, -0.2) is 4.98 Å². The van der Waals surface area contributed by atoms with Gasteiger partial charge in [0.15, 0.2) is 0 Å². The fourth-order valence-electron chi connectivity index (χ4n) is 8.12. The lowest BCUT2D eigenvalue weighted by Gasteiger charge is -2.44. The van der Waals surface area contributed by atoms with Crippen molar-refractivity contribution in [1.29, 1.82) is 0 Å². The lowest BCUT2D eigenvalue weighted by atomic mass is 9.80. The molecule has 3 aliphatic rings. The smallest absolute Gasteiger partial charge is 0.303 e. The lowest BCUT2D eigenvalue weighted by Crippen LogP contribution is -2.54. The van der Waals surface area contributed by atoms with Crippen LogP contribution in [0, 0.1) is 19.8 Å². The standard InChI is InChI=1S/C38H46N4O4/c1-25-31(14-15-34(43)44)26(2)39-37-35(25)32-8-3-4-9-33(32)42(37)24-27-10-12-28(13-11-27)36(29-16-22-46-23-17-29)38(45)41-20-18-40(19-21-41)30-6-5-7-30/h3-4,8-13,29-30,36H,5-7,14-24H2,1-2H3,(H,43,44)/t36-/m1/s1. The van der Waals surface area contributed by atoms with E-state index in [0.717, 1.165) is 108 Å². The number of fused-ring (bicyclic) bond motifs is 3. The van der Waals surface area contributed by atoms with Gasteiger partial charge in [-0.15, -0.1) is 0 Å². The number of carboxylic acid groups (broad SMARTS) is 1. The van der Waals surface area contributed by atoms with E-state index in [9.17, 15) is 14.7 Å². The Bertz CT molecular complexity index is 1730. The summed E-state index contributed by atoms with van der Waals surface area (Å²) < 4.78 is 7.98. The highest BCUT2D eigenvalue weighted by molar-refractivity contribution is 6.08. The Morgan fingerprint density at radius 1 is 0.957 bits per heavy atom. The number of pyridine rings is 1. The Morgan fingerprint density at radius 2 is 1.67 bits per heavy atom. The number of hydrogen-bond acceptors (Lipinski definition) is 5. The number of carboxylic acids is 1. The van der Waals surface area contributed by atoms with Crippen molar-refractivity contribution >= 4 is 33.8 Å². The van der Waals surface area contributed by atoms with E-state index < -0.39 is 5.97 Å². The largest absolute Gasteiger partial charge is 0.481 e. The quantitative estimate of drug-likeness (QED) is 0.244. The topological polar surface area (TPSA) is 87.9 Å². The van der Waals surface area contributed by atoms with Crippen molar-refractivity contribution in [1.82, 2.24) is 19.4 Å². The van der Waals surface area contributed by atoms with E-state index in [0.29, 0.717) is 18.9 Å². The first-order chi connectivity index (χ1) is 22.4. The molecule has 2 aliphatic heterocycles. The van der Waals surface area contributed by atoms with Gasteiger partial charge in [0.2, 0.25) is 5.91 Å². The van der Waals surface area contributed by atoms with Crippen molar-refractivity contribution in [3.05, 3.63) is 76.5 Å². The van der Waals surface area contributed by atoms with Crippen LogP contribution in [0.3, 0.4) is 0 Å². The van der Waals surface area contributed by atoms with Crippen molar-refractivity contribution in [2.75, 3.05) is 39.4 Å². The molecule has 1 aliphatic carbocycles. The molecule has 1 saturated carbocycles. The fourth-order valence-corrected chi connectivity index (χ4v) is 8.12. The minimum Gasteiger partial charge on any atom is -0.481 e. The van der Waals surface area contributed by atoms with Crippen molar-refractivity contribution in [3.8, 4) is 0 Å². The highest BCUT2D eigenvalue weighted by Gasteiger charge is 2.36. The number of piperazine rings is 1. The molecule has 1 atom stereocenters. The molecule has 1 amide bonds. The summed E-state index contributed by atoms with van der Waals surface area (Å²) in [5.74, 6) is -0.363. The van der Waals surface area contributed by atoms with Crippen LogP contribution in [0.4, 0.5) is 0 Å². The second kappa shape index (κ2) is 13.2. The Labute approximate surface area is 271 Å². The number of ether oxygens (including phenoxy) is 1. The molecule has 2 saturated heterocycles. The number of carbonyl (C=O) groups is 2. The van der Waals surface area contributed by atoms with Crippen molar-refractivity contribution in [3.63, 3.8) is 0 Å². The first-order valence-corrected chi connectivity index (χ1v) is 17.2. The van der Waals surface area contributed by atoms with Crippen LogP contribution < -0.4 is 0 Å². The molecule has 8 nitrogen and oxygen atoms in total. The second-order valence-corrected chi connectivity index (χ2v) is 13.6. The number of benzene rings is 2. The molecule has 4 heterocycles. The van der Waals surface area contributed by atoms with Crippen molar-refractivity contribution in [2.24, 2.45) is 5.92 Å². The number of aliphatic carboxylic acids is 1. The van der Waals surface area contributed by atoms with E-state index in [-0.39, 0.29) is 18.2 Å². The molecule has 2 aromatic carbocycles. The van der Waals surface area contributed by atoms with E-state index in [1.807, 2.05) is 6.92 Å². The van der Waals surface area contributed by atoms with Crippen LogP contribution >= 0.6 is 0 Å². The molecular formula is C38H46N4O4. The maximum Gasteiger partial charge on any atom is 0.303 e. The van der Waals surface area contributed by atoms with Crippen LogP contribution in [-0.4, -0.2) is 81.8 Å². The first-order valence-electron chi connectivity index (χ1n) is 17.2. The summed E-state index contributed by atoms with van der Waals surface area (Å²) in [6.07, 6.45) is 6.36. The van der Waals surface area contributed by atoms with Crippen LogP contribution in [0.5, 0.6) is 0 Å². The number of rotatable bonds is 9. The van der Waals surface area contributed by atoms with Crippen LogP contribution in [0.15, 0.2) is 48.5 Å². The summed E-state index contributed by atoms with van der Waals surface area (Å²) >= 11 is 0. The molecule has 0 spiro atoms. The molecule has 242 valence electrons. The first kappa shape index (κ1) is 30.9. The summed E-state index contributed by atoms with van der Waals surface area (Å²) in [5, 5.41) is 11.6. The van der Waals surface area contributed by atoms with E-state index in [1.54, 1.807) is 0 Å². The number of amides is 1. The Kier molecular flexibility index (Phi) is 8.84. The van der Waals surface area contributed by atoms with Gasteiger partial charge in [0.1, 0.15) is 5.65 Å². The van der Waals surface area contributed by atoms with Gasteiger partial charge in [-0.1, -0.05) is 48.9 Å². The predicted molar refractivity (Wildman–Crippen MR) is 180 cm³/mol. The molecule has 4 aromatic rings. The molecule has 0 radical (unpaired) electrons. The van der Waals surface area contributed by atoms with Gasteiger partial charge in [0, 0.05) is 74.9 Å². The van der Waals surface area contributed by atoms with Gasteiger partial charge in [0.25, 0.3) is 0 Å². The average molecular weight is 623 g/mol. The Morgan fingerprint density at radius 3 is 2.35 bits per heavy atom. The molecule has 2 aromatic heterocycles. The second-order valence-electron chi connectivity index (χ2n) is 13.6. The van der Waals surface area contributed by atoms with Gasteiger partial charge in [-0.3, -0.25) is 14.5 Å². The molecule has 7 rings (SSSR count). The zero-order valence-corrected chi connectivity index (χ0v) is 27.2. The molecule has 1 N–H and O–H groups in total. The van der Waals surface area contributed by atoms with Gasteiger partial charge in [0.05, 0.1) is 11.4 Å². The minimum atomic E-state index is -0.794. The number of para-hydroxylation sites is 1. The minimum absolute atomic E-state index is 0.0912. The third-order valence-corrected chi connectivity index (χ3v) is 11.0. The number of nitrogens with zero attached hydrogens (tertiary/aromatic N) is 4. The van der Waals surface area contributed by atoms with Gasteiger partial charge in [-0.05, 0) is 80.2 Å². The lowest BCUT2D eigenvalue weighted by molar-refractivity contribution is -0.138. The van der Waals surface area contributed by atoms with E-state index in [4.69, 9.17) is 9.72 Å². The predicted octanol–water partition coefficient (Wildman–Crippen LogP) is 6.08. The summed E-state index contributed by atoms with van der Waals surface area (Å²) in [6.45, 7) is 9.81. The van der Waals surface area contributed by atoms with Crippen LogP contribution in [0.1, 0.15) is 72.4 Å². The zero-order valence-electron chi connectivity index (χ0n) is 27.2. The Balaban J connectivity index is 1.16.